The fraction of sp³-hybridized carbons (Fsp3) is 0.333. The van der Waals surface area contributed by atoms with E-state index in [1.165, 1.54) is 11.1 Å². The van der Waals surface area contributed by atoms with Crippen LogP contribution >= 0.6 is 0 Å². The summed E-state index contributed by atoms with van der Waals surface area (Å²) in [5.41, 5.74) is 5.26. The van der Waals surface area contributed by atoms with Crippen molar-refractivity contribution in [2.24, 2.45) is 0 Å². The van der Waals surface area contributed by atoms with Crippen molar-refractivity contribution >= 4 is 22.6 Å². The molecule has 0 saturated carbocycles. The van der Waals surface area contributed by atoms with Gasteiger partial charge in [-0.2, -0.15) is 0 Å². The molecule has 186 valence electrons. The number of fused-ring (bicyclic) bond motifs is 1. The van der Waals surface area contributed by atoms with Crippen LogP contribution in [0.25, 0.3) is 11.0 Å². The summed E-state index contributed by atoms with van der Waals surface area (Å²) >= 11 is 0. The van der Waals surface area contributed by atoms with Crippen LogP contribution < -0.4 is 14.4 Å². The number of imidazole rings is 1. The minimum absolute atomic E-state index is 0.00120. The molecule has 2 heterocycles. The second kappa shape index (κ2) is 10.1. The van der Waals surface area contributed by atoms with Gasteiger partial charge in [0.05, 0.1) is 24.7 Å². The Kier molecular flexibility index (Phi) is 6.68. The summed E-state index contributed by atoms with van der Waals surface area (Å²) in [5.74, 6) is 3.11. The van der Waals surface area contributed by atoms with Gasteiger partial charge in [0.15, 0.2) is 0 Å². The van der Waals surface area contributed by atoms with Crippen LogP contribution in [-0.4, -0.2) is 35.7 Å². The molecule has 0 bridgehead atoms. The summed E-state index contributed by atoms with van der Waals surface area (Å²) in [7, 11) is 1.64. The lowest BCUT2D eigenvalue weighted by molar-refractivity contribution is -0.117. The summed E-state index contributed by atoms with van der Waals surface area (Å²) in [5, 5.41) is 0. The van der Waals surface area contributed by atoms with Gasteiger partial charge < -0.3 is 18.9 Å². The van der Waals surface area contributed by atoms with Crippen molar-refractivity contribution in [3.63, 3.8) is 0 Å². The summed E-state index contributed by atoms with van der Waals surface area (Å²) in [6.07, 6.45) is 0.427. The molecule has 1 aliphatic rings. The van der Waals surface area contributed by atoms with Gasteiger partial charge in [-0.15, -0.1) is 0 Å². The van der Waals surface area contributed by atoms with Crippen molar-refractivity contribution in [3.8, 4) is 11.5 Å². The molecule has 4 aromatic rings. The molecule has 6 heteroatoms. The predicted molar refractivity (Wildman–Crippen MR) is 143 cm³/mol. The van der Waals surface area contributed by atoms with E-state index >= 15 is 0 Å². The standard InChI is InChI=1S/C30H33N3O3/c1-20(2)25-13-12-21(3)16-28(25)36-15-14-32-27-11-6-5-10-26(27)31-30(32)22-17-29(34)33(19-22)23-8-7-9-24(18-23)35-4/h5-13,16,18,20,22H,14-15,17,19H2,1-4H3. The number of ether oxygens (including phenoxy) is 2. The second-order valence-corrected chi connectivity index (χ2v) is 9.76. The largest absolute Gasteiger partial charge is 0.497 e. The smallest absolute Gasteiger partial charge is 0.227 e. The molecule has 1 amide bonds. The highest BCUT2D eigenvalue weighted by Gasteiger charge is 2.35. The predicted octanol–water partition coefficient (Wildman–Crippen LogP) is 6.08. The van der Waals surface area contributed by atoms with Crippen LogP contribution in [-0.2, 0) is 11.3 Å². The Morgan fingerprint density at radius 3 is 2.69 bits per heavy atom. The molecule has 1 aliphatic heterocycles. The van der Waals surface area contributed by atoms with E-state index in [0.29, 0.717) is 32.0 Å². The van der Waals surface area contributed by atoms with Gasteiger partial charge in [-0.1, -0.05) is 44.2 Å². The van der Waals surface area contributed by atoms with Crippen molar-refractivity contribution in [3.05, 3.63) is 83.7 Å². The normalized spacial score (nSPS) is 15.8. The molecule has 1 aromatic heterocycles. The van der Waals surface area contributed by atoms with Gasteiger partial charge in [-0.25, -0.2) is 4.98 Å². The van der Waals surface area contributed by atoms with Crippen molar-refractivity contribution < 1.29 is 14.3 Å². The Morgan fingerprint density at radius 2 is 1.89 bits per heavy atom. The SMILES string of the molecule is COc1cccc(N2CC(c3nc4ccccc4n3CCOc3cc(C)ccc3C(C)C)CC2=O)c1. The Balaban J connectivity index is 1.40. The zero-order valence-corrected chi connectivity index (χ0v) is 21.4. The van der Waals surface area contributed by atoms with Gasteiger partial charge in [0, 0.05) is 30.6 Å². The van der Waals surface area contributed by atoms with Crippen LogP contribution in [0.5, 0.6) is 11.5 Å². The van der Waals surface area contributed by atoms with Crippen LogP contribution in [0.3, 0.4) is 0 Å². The van der Waals surface area contributed by atoms with Crippen molar-refractivity contribution in [1.82, 2.24) is 9.55 Å². The van der Waals surface area contributed by atoms with Crippen LogP contribution in [0.1, 0.15) is 49.1 Å². The van der Waals surface area contributed by atoms with Crippen LogP contribution in [0.4, 0.5) is 5.69 Å². The number of carbonyl (C=O) groups excluding carboxylic acids is 1. The number of hydrogen-bond donors (Lipinski definition) is 0. The molecule has 1 unspecified atom stereocenters. The quantitative estimate of drug-likeness (QED) is 0.305. The number of benzene rings is 3. The number of nitrogens with zero attached hydrogens (tertiary/aromatic N) is 3. The number of amides is 1. The van der Waals surface area contributed by atoms with Gasteiger partial charge in [0.1, 0.15) is 23.9 Å². The van der Waals surface area contributed by atoms with Crippen molar-refractivity contribution in [1.29, 1.82) is 0 Å². The average Bonchev–Trinajstić information content (AvgIpc) is 3.44. The van der Waals surface area contributed by atoms with E-state index in [9.17, 15) is 4.79 Å². The lowest BCUT2D eigenvalue weighted by Gasteiger charge is -2.19. The Hall–Kier alpha value is -3.80. The molecule has 0 spiro atoms. The maximum Gasteiger partial charge on any atom is 0.227 e. The monoisotopic (exact) mass is 483 g/mol. The zero-order valence-electron chi connectivity index (χ0n) is 21.4. The number of carbonyl (C=O) groups is 1. The summed E-state index contributed by atoms with van der Waals surface area (Å²) in [6, 6.07) is 22.2. The molecule has 36 heavy (non-hydrogen) atoms. The number of aryl methyl sites for hydroxylation is 1. The van der Waals surface area contributed by atoms with Crippen molar-refractivity contribution in [2.75, 3.05) is 25.2 Å². The van der Waals surface area contributed by atoms with Gasteiger partial charge in [-0.3, -0.25) is 4.79 Å². The number of methoxy groups -OCH3 is 1. The fourth-order valence-electron chi connectivity index (χ4n) is 5.04. The summed E-state index contributed by atoms with van der Waals surface area (Å²) in [4.78, 5) is 19.9. The molecule has 0 N–H and O–H groups in total. The first-order valence-electron chi connectivity index (χ1n) is 12.6. The Bertz CT molecular complexity index is 1390. The topological polar surface area (TPSA) is 56.6 Å². The average molecular weight is 484 g/mol. The summed E-state index contributed by atoms with van der Waals surface area (Å²) < 4.78 is 13.9. The summed E-state index contributed by atoms with van der Waals surface area (Å²) in [6.45, 7) is 8.23. The highest BCUT2D eigenvalue weighted by Crippen LogP contribution is 2.34. The van der Waals surface area contributed by atoms with Gasteiger partial charge in [0.25, 0.3) is 0 Å². The molecule has 1 fully saturated rings. The van der Waals surface area contributed by atoms with Crippen molar-refractivity contribution in [2.45, 2.75) is 45.6 Å². The number of anilines is 1. The number of para-hydroxylation sites is 2. The first kappa shape index (κ1) is 23.9. The first-order valence-corrected chi connectivity index (χ1v) is 12.6. The van der Waals surface area contributed by atoms with E-state index in [1.807, 2.05) is 47.4 Å². The molecule has 6 nitrogen and oxygen atoms in total. The minimum atomic E-state index is 0.00120. The zero-order chi connectivity index (χ0) is 25.2. The van der Waals surface area contributed by atoms with Crippen LogP contribution in [0, 0.1) is 6.92 Å². The van der Waals surface area contributed by atoms with E-state index < -0.39 is 0 Å². The van der Waals surface area contributed by atoms with E-state index in [0.717, 1.165) is 34.0 Å². The van der Waals surface area contributed by atoms with Crippen LogP contribution in [0.15, 0.2) is 66.7 Å². The van der Waals surface area contributed by atoms with Crippen LogP contribution in [0.2, 0.25) is 0 Å². The van der Waals surface area contributed by atoms with E-state index in [1.54, 1.807) is 7.11 Å². The van der Waals surface area contributed by atoms with E-state index in [2.05, 4.69) is 49.6 Å². The minimum Gasteiger partial charge on any atom is -0.497 e. The first-order chi connectivity index (χ1) is 17.4. The second-order valence-electron chi connectivity index (χ2n) is 9.76. The lowest BCUT2D eigenvalue weighted by Crippen LogP contribution is -2.24. The fourth-order valence-corrected chi connectivity index (χ4v) is 5.04. The maximum atomic E-state index is 13.0. The Labute approximate surface area is 212 Å². The van der Waals surface area contributed by atoms with E-state index in [4.69, 9.17) is 14.5 Å². The number of rotatable bonds is 8. The Morgan fingerprint density at radius 1 is 1.06 bits per heavy atom. The third-order valence-corrected chi connectivity index (χ3v) is 6.90. The third kappa shape index (κ3) is 4.68. The number of aromatic nitrogens is 2. The molecular weight excluding hydrogens is 450 g/mol. The highest BCUT2D eigenvalue weighted by atomic mass is 16.5. The molecule has 0 aliphatic carbocycles. The van der Waals surface area contributed by atoms with Gasteiger partial charge >= 0.3 is 0 Å². The third-order valence-electron chi connectivity index (χ3n) is 6.90. The molecule has 0 radical (unpaired) electrons. The molecule has 3 aromatic carbocycles. The van der Waals surface area contributed by atoms with E-state index in [-0.39, 0.29) is 11.8 Å². The van der Waals surface area contributed by atoms with Gasteiger partial charge in [0.2, 0.25) is 5.91 Å². The van der Waals surface area contributed by atoms with Gasteiger partial charge in [-0.05, 0) is 54.3 Å². The molecule has 5 rings (SSSR count). The molecular formula is C30H33N3O3. The molecule has 1 saturated heterocycles. The number of hydrogen-bond acceptors (Lipinski definition) is 4. The highest BCUT2D eigenvalue weighted by molar-refractivity contribution is 5.96. The molecule has 1 atom stereocenters. The lowest BCUT2D eigenvalue weighted by atomic mass is 10.0. The maximum absolute atomic E-state index is 13.0.